The monoisotopic (exact) mass is 319 g/mol. The number of rotatable bonds is 3. The molecular weight excluding hydrogens is 299 g/mol. The number of anilines is 1. The van der Waals surface area contributed by atoms with Crippen LogP contribution in [-0.4, -0.2) is 52.7 Å². The average molecular weight is 319 g/mol. The van der Waals surface area contributed by atoms with E-state index in [1.165, 1.54) is 0 Å². The lowest BCUT2D eigenvalue weighted by Gasteiger charge is -2.33. The van der Waals surface area contributed by atoms with E-state index in [1.54, 1.807) is 0 Å². The second-order valence-electron chi connectivity index (χ2n) is 6.02. The zero-order valence-electron chi connectivity index (χ0n) is 12.3. The maximum atomic E-state index is 12.5. The molecule has 22 heavy (non-hydrogen) atoms. The molecule has 124 valence electrons. The van der Waals surface area contributed by atoms with Crippen molar-refractivity contribution in [2.75, 3.05) is 31.2 Å². The molecule has 3 heterocycles. The van der Waals surface area contributed by atoms with Crippen molar-refractivity contribution in [3.63, 3.8) is 0 Å². The van der Waals surface area contributed by atoms with Gasteiger partial charge in [-0.15, -0.1) is 0 Å². The molecule has 9 heteroatoms. The molecule has 0 bridgehead atoms. The maximum Gasteiger partial charge on any atom is 0.389 e. The highest BCUT2D eigenvalue weighted by molar-refractivity contribution is 5.29. The predicted octanol–water partition coefficient (Wildman–Crippen LogP) is 2.19. The van der Waals surface area contributed by atoms with Gasteiger partial charge in [0.1, 0.15) is 0 Å². The van der Waals surface area contributed by atoms with Gasteiger partial charge in [0, 0.05) is 32.7 Å². The lowest BCUT2D eigenvalue weighted by molar-refractivity contribution is -0.145. The molecule has 0 atom stereocenters. The Morgan fingerprint density at radius 3 is 2.41 bits per heavy atom. The van der Waals surface area contributed by atoms with E-state index in [0.717, 1.165) is 12.8 Å². The first-order valence-electron chi connectivity index (χ1n) is 7.70. The highest BCUT2D eigenvalue weighted by Crippen LogP contribution is 2.32. The Hall–Kier alpha value is -1.38. The first-order valence-corrected chi connectivity index (χ1v) is 7.70. The van der Waals surface area contributed by atoms with Crippen molar-refractivity contribution < 1.29 is 17.9 Å². The van der Waals surface area contributed by atoms with Crippen molar-refractivity contribution in [1.82, 2.24) is 20.2 Å². The van der Waals surface area contributed by atoms with Crippen LogP contribution < -0.4 is 4.90 Å². The van der Waals surface area contributed by atoms with Gasteiger partial charge in [-0.2, -0.15) is 13.2 Å². The third-order valence-electron chi connectivity index (χ3n) is 4.43. The minimum atomic E-state index is -4.07. The minimum absolute atomic E-state index is 0.214. The average Bonchev–Trinajstić information content (AvgIpc) is 2.97. The summed E-state index contributed by atoms with van der Waals surface area (Å²) in [6.45, 7) is 2.53. The number of tetrazole rings is 1. The fourth-order valence-corrected chi connectivity index (χ4v) is 3.23. The lowest BCUT2D eigenvalue weighted by atomic mass is 9.93. The fourth-order valence-electron chi connectivity index (χ4n) is 3.23. The van der Waals surface area contributed by atoms with E-state index in [0.29, 0.717) is 45.1 Å². The van der Waals surface area contributed by atoms with E-state index in [-0.39, 0.29) is 12.0 Å². The molecule has 2 aliphatic rings. The van der Waals surface area contributed by atoms with Gasteiger partial charge in [0.25, 0.3) is 0 Å². The van der Waals surface area contributed by atoms with E-state index < -0.39 is 12.6 Å². The summed E-state index contributed by atoms with van der Waals surface area (Å²) in [5, 5.41) is 11.9. The van der Waals surface area contributed by atoms with Crippen LogP contribution >= 0.6 is 0 Å². The summed E-state index contributed by atoms with van der Waals surface area (Å²) in [5.74, 6) is 0.390. The van der Waals surface area contributed by atoms with Crippen molar-refractivity contribution in [1.29, 1.82) is 0 Å². The summed E-state index contributed by atoms with van der Waals surface area (Å²) >= 11 is 0. The van der Waals surface area contributed by atoms with Gasteiger partial charge in [0.15, 0.2) is 0 Å². The SMILES string of the molecule is FC(F)(F)CC1CCN(c2nnnn2C2CCOCC2)CC1. The number of hydrogen-bond donors (Lipinski definition) is 0. The number of piperidine rings is 1. The Morgan fingerprint density at radius 1 is 1.09 bits per heavy atom. The summed E-state index contributed by atoms with van der Waals surface area (Å²) in [5.41, 5.74) is 0. The Kier molecular flexibility index (Phi) is 4.51. The largest absolute Gasteiger partial charge is 0.389 e. The summed E-state index contributed by atoms with van der Waals surface area (Å²) < 4.78 is 44.5. The van der Waals surface area contributed by atoms with Crippen LogP contribution in [0.3, 0.4) is 0 Å². The molecule has 0 aromatic carbocycles. The second-order valence-corrected chi connectivity index (χ2v) is 6.02. The van der Waals surface area contributed by atoms with Crippen LogP contribution in [-0.2, 0) is 4.74 Å². The molecule has 6 nitrogen and oxygen atoms in total. The Morgan fingerprint density at radius 2 is 1.77 bits per heavy atom. The van der Waals surface area contributed by atoms with Gasteiger partial charge in [-0.1, -0.05) is 5.10 Å². The minimum Gasteiger partial charge on any atom is -0.381 e. The number of ether oxygens (including phenoxy) is 1. The van der Waals surface area contributed by atoms with E-state index in [9.17, 15) is 13.2 Å². The zero-order valence-corrected chi connectivity index (χ0v) is 12.3. The third kappa shape index (κ3) is 3.68. The molecule has 0 amide bonds. The van der Waals surface area contributed by atoms with Crippen molar-refractivity contribution in [3.8, 4) is 0 Å². The molecule has 1 aromatic rings. The fraction of sp³-hybridized carbons (Fsp3) is 0.923. The van der Waals surface area contributed by atoms with Crippen LogP contribution in [0.1, 0.15) is 38.1 Å². The molecule has 0 aliphatic carbocycles. The van der Waals surface area contributed by atoms with E-state index >= 15 is 0 Å². The zero-order chi connectivity index (χ0) is 15.6. The van der Waals surface area contributed by atoms with Gasteiger partial charge in [-0.05, 0) is 42.0 Å². The molecule has 0 unspecified atom stereocenters. The molecular formula is C13H20F3N5O. The Balaban J connectivity index is 1.61. The number of alkyl halides is 3. The van der Waals surface area contributed by atoms with Gasteiger partial charge in [-0.25, -0.2) is 4.68 Å². The van der Waals surface area contributed by atoms with Crippen molar-refractivity contribution in [2.45, 2.75) is 44.3 Å². The molecule has 0 spiro atoms. The highest BCUT2D eigenvalue weighted by Gasteiger charge is 2.34. The number of aromatic nitrogens is 4. The van der Waals surface area contributed by atoms with Crippen LogP contribution in [0.15, 0.2) is 0 Å². The molecule has 2 aliphatic heterocycles. The molecule has 1 aromatic heterocycles. The van der Waals surface area contributed by atoms with Gasteiger partial charge >= 0.3 is 6.18 Å². The van der Waals surface area contributed by atoms with Crippen LogP contribution in [0.2, 0.25) is 0 Å². The standard InChI is InChI=1S/C13H20F3N5O/c14-13(15,16)9-10-1-5-20(6-2-10)12-17-18-19-21(12)11-3-7-22-8-4-11/h10-11H,1-9H2. The molecule has 0 saturated carbocycles. The number of nitrogens with zero attached hydrogens (tertiary/aromatic N) is 5. The maximum absolute atomic E-state index is 12.5. The van der Waals surface area contributed by atoms with Crippen molar-refractivity contribution >= 4 is 5.95 Å². The van der Waals surface area contributed by atoms with Gasteiger partial charge in [0.2, 0.25) is 5.95 Å². The summed E-state index contributed by atoms with van der Waals surface area (Å²) in [7, 11) is 0. The van der Waals surface area contributed by atoms with Crippen molar-refractivity contribution in [3.05, 3.63) is 0 Å². The van der Waals surface area contributed by atoms with Crippen LogP contribution in [0.4, 0.5) is 19.1 Å². The Labute approximate surface area is 126 Å². The molecule has 0 radical (unpaired) electrons. The van der Waals surface area contributed by atoms with E-state index in [2.05, 4.69) is 15.5 Å². The van der Waals surface area contributed by atoms with E-state index in [4.69, 9.17) is 4.74 Å². The normalized spacial score (nSPS) is 22.2. The smallest absolute Gasteiger partial charge is 0.381 e. The molecule has 2 fully saturated rings. The molecule has 3 rings (SSSR count). The lowest BCUT2D eigenvalue weighted by Crippen LogP contribution is -2.37. The quantitative estimate of drug-likeness (QED) is 0.855. The summed E-state index contributed by atoms with van der Waals surface area (Å²) in [4.78, 5) is 2.00. The topological polar surface area (TPSA) is 56.1 Å². The van der Waals surface area contributed by atoms with Gasteiger partial charge in [-0.3, -0.25) is 0 Å². The molecule has 0 N–H and O–H groups in total. The van der Waals surface area contributed by atoms with E-state index in [1.807, 2.05) is 9.58 Å². The Bertz CT molecular complexity index is 478. The highest BCUT2D eigenvalue weighted by atomic mass is 19.4. The summed E-state index contributed by atoms with van der Waals surface area (Å²) in [6, 6.07) is 0.214. The first-order chi connectivity index (χ1) is 10.5. The van der Waals surface area contributed by atoms with Gasteiger partial charge in [0.05, 0.1) is 6.04 Å². The second kappa shape index (κ2) is 6.39. The third-order valence-corrected chi connectivity index (χ3v) is 4.43. The number of hydrogen-bond acceptors (Lipinski definition) is 5. The van der Waals surface area contributed by atoms with Crippen LogP contribution in [0.5, 0.6) is 0 Å². The molecule has 2 saturated heterocycles. The van der Waals surface area contributed by atoms with Crippen LogP contribution in [0.25, 0.3) is 0 Å². The number of halogens is 3. The first kappa shape index (κ1) is 15.5. The van der Waals surface area contributed by atoms with Gasteiger partial charge < -0.3 is 9.64 Å². The summed E-state index contributed by atoms with van der Waals surface area (Å²) in [6.07, 6.45) is -1.98. The predicted molar refractivity (Wildman–Crippen MR) is 72.5 cm³/mol. The van der Waals surface area contributed by atoms with Crippen molar-refractivity contribution in [2.24, 2.45) is 5.92 Å². The van der Waals surface area contributed by atoms with Crippen LogP contribution in [0, 0.1) is 5.92 Å².